The molecule has 3 rings (SSSR count). The molecule has 0 bridgehead atoms. The van der Waals surface area contributed by atoms with Gasteiger partial charge in [-0.15, -0.1) is 0 Å². The zero-order chi connectivity index (χ0) is 15.7. The summed E-state index contributed by atoms with van der Waals surface area (Å²) in [7, 11) is -2.15. The van der Waals surface area contributed by atoms with Crippen molar-refractivity contribution in [2.45, 2.75) is 4.90 Å². The smallest absolute Gasteiger partial charge is 0.264 e. The molecule has 0 amide bonds. The van der Waals surface area contributed by atoms with Crippen LogP contribution in [-0.2, 0) is 10.0 Å². The molecule has 0 aliphatic rings. The fraction of sp³-hybridized carbons (Fsp3) is 0.0588. The quantitative estimate of drug-likeness (QED) is 0.716. The van der Waals surface area contributed by atoms with E-state index in [4.69, 9.17) is 11.6 Å². The lowest BCUT2D eigenvalue weighted by atomic mass is 10.1. The number of hydrogen-bond donors (Lipinski definition) is 0. The first-order chi connectivity index (χ1) is 10.5. The normalized spacial score (nSPS) is 11.5. The molecule has 0 radical (unpaired) electrons. The summed E-state index contributed by atoms with van der Waals surface area (Å²) < 4.78 is 26.8. The van der Waals surface area contributed by atoms with Crippen LogP contribution >= 0.6 is 11.6 Å². The zero-order valence-electron chi connectivity index (χ0n) is 11.9. The average Bonchev–Trinajstić information content (AvgIpc) is 2.54. The predicted molar refractivity (Wildman–Crippen MR) is 91.0 cm³/mol. The minimum atomic E-state index is -3.66. The molecular formula is C17H14ClNO2S. The molecule has 0 aromatic heterocycles. The number of nitrogens with zero attached hydrogens (tertiary/aromatic N) is 1. The highest BCUT2D eigenvalue weighted by Crippen LogP contribution is 2.29. The van der Waals surface area contributed by atoms with E-state index in [1.807, 2.05) is 30.3 Å². The molecule has 0 saturated heterocycles. The van der Waals surface area contributed by atoms with E-state index >= 15 is 0 Å². The van der Waals surface area contributed by atoms with Crippen molar-refractivity contribution in [1.29, 1.82) is 0 Å². The van der Waals surface area contributed by atoms with Gasteiger partial charge in [0.1, 0.15) is 0 Å². The number of fused-ring (bicyclic) bond motifs is 1. The van der Waals surface area contributed by atoms with Crippen molar-refractivity contribution < 1.29 is 8.42 Å². The second-order valence-electron chi connectivity index (χ2n) is 4.93. The van der Waals surface area contributed by atoms with Crippen molar-refractivity contribution in [1.82, 2.24) is 0 Å². The maximum atomic E-state index is 12.8. The van der Waals surface area contributed by atoms with Gasteiger partial charge in [0.15, 0.2) is 0 Å². The molecular weight excluding hydrogens is 318 g/mol. The summed E-state index contributed by atoms with van der Waals surface area (Å²) in [5, 5.41) is 2.28. The van der Waals surface area contributed by atoms with E-state index in [0.717, 1.165) is 10.8 Å². The fourth-order valence-electron chi connectivity index (χ4n) is 2.32. The molecule has 0 spiro atoms. The number of benzene rings is 3. The maximum Gasteiger partial charge on any atom is 0.264 e. The van der Waals surface area contributed by atoms with Crippen LogP contribution in [0.5, 0.6) is 0 Å². The third kappa shape index (κ3) is 2.56. The van der Waals surface area contributed by atoms with E-state index in [-0.39, 0.29) is 4.90 Å². The zero-order valence-corrected chi connectivity index (χ0v) is 13.5. The highest BCUT2D eigenvalue weighted by Gasteiger charge is 2.22. The third-order valence-corrected chi connectivity index (χ3v) is 5.66. The van der Waals surface area contributed by atoms with Gasteiger partial charge in [-0.25, -0.2) is 8.42 Å². The van der Waals surface area contributed by atoms with Gasteiger partial charge < -0.3 is 0 Å². The monoisotopic (exact) mass is 331 g/mol. The Morgan fingerprint density at radius 3 is 2.23 bits per heavy atom. The van der Waals surface area contributed by atoms with Gasteiger partial charge in [0.25, 0.3) is 10.0 Å². The lowest BCUT2D eigenvalue weighted by Crippen LogP contribution is -2.26. The molecule has 0 fully saturated rings. The molecule has 0 unspecified atom stereocenters. The van der Waals surface area contributed by atoms with Crippen LogP contribution in [0.2, 0.25) is 5.02 Å². The van der Waals surface area contributed by atoms with E-state index in [1.54, 1.807) is 36.4 Å². The fourth-order valence-corrected chi connectivity index (χ4v) is 3.89. The van der Waals surface area contributed by atoms with Gasteiger partial charge in [0.2, 0.25) is 0 Å². The minimum Gasteiger partial charge on any atom is -0.268 e. The first kappa shape index (κ1) is 14.9. The van der Waals surface area contributed by atoms with E-state index in [9.17, 15) is 8.42 Å². The van der Waals surface area contributed by atoms with Crippen molar-refractivity contribution in [3.8, 4) is 0 Å². The van der Waals surface area contributed by atoms with E-state index in [2.05, 4.69) is 0 Å². The summed E-state index contributed by atoms with van der Waals surface area (Å²) in [6.45, 7) is 0. The number of para-hydroxylation sites is 1. The van der Waals surface area contributed by atoms with Crippen molar-refractivity contribution in [3.05, 3.63) is 71.8 Å². The van der Waals surface area contributed by atoms with Gasteiger partial charge in [0.05, 0.1) is 15.6 Å². The van der Waals surface area contributed by atoms with E-state index in [0.29, 0.717) is 10.7 Å². The SMILES string of the molecule is CN(c1ccccc1Cl)S(=O)(=O)c1ccc2ccccc2c1. The molecule has 0 saturated carbocycles. The number of sulfonamides is 1. The molecule has 112 valence electrons. The van der Waals surface area contributed by atoms with Crippen molar-refractivity contribution in [2.75, 3.05) is 11.4 Å². The van der Waals surface area contributed by atoms with Crippen LogP contribution in [0.3, 0.4) is 0 Å². The molecule has 0 aliphatic carbocycles. The number of anilines is 1. The van der Waals surface area contributed by atoms with Crippen LogP contribution in [0.25, 0.3) is 10.8 Å². The van der Waals surface area contributed by atoms with Crippen molar-refractivity contribution in [3.63, 3.8) is 0 Å². The molecule has 0 N–H and O–H groups in total. The van der Waals surface area contributed by atoms with Gasteiger partial charge in [0, 0.05) is 7.05 Å². The van der Waals surface area contributed by atoms with Gasteiger partial charge in [-0.3, -0.25) is 4.31 Å². The molecule has 0 aliphatic heterocycles. The van der Waals surface area contributed by atoms with Crippen LogP contribution in [0.1, 0.15) is 0 Å². The Morgan fingerprint density at radius 1 is 0.864 bits per heavy atom. The lowest BCUT2D eigenvalue weighted by molar-refractivity contribution is 0.594. The molecule has 3 nitrogen and oxygen atoms in total. The number of rotatable bonds is 3. The summed E-state index contributed by atoms with van der Waals surface area (Å²) in [4.78, 5) is 0.244. The first-order valence-corrected chi connectivity index (χ1v) is 8.54. The number of halogens is 1. The highest BCUT2D eigenvalue weighted by molar-refractivity contribution is 7.92. The van der Waals surface area contributed by atoms with E-state index in [1.165, 1.54) is 11.4 Å². The topological polar surface area (TPSA) is 37.4 Å². The summed E-state index contributed by atoms with van der Waals surface area (Å²) in [5.41, 5.74) is 0.456. The lowest BCUT2D eigenvalue weighted by Gasteiger charge is -2.20. The second-order valence-corrected chi connectivity index (χ2v) is 7.31. The average molecular weight is 332 g/mol. The predicted octanol–water partition coefficient (Wildman–Crippen LogP) is 4.32. The summed E-state index contributed by atoms with van der Waals surface area (Å²) >= 11 is 6.10. The first-order valence-electron chi connectivity index (χ1n) is 6.72. The van der Waals surface area contributed by atoms with Crippen LogP contribution in [0.4, 0.5) is 5.69 Å². The Bertz CT molecular complexity index is 938. The van der Waals surface area contributed by atoms with Crippen LogP contribution in [-0.4, -0.2) is 15.5 Å². The van der Waals surface area contributed by atoms with E-state index < -0.39 is 10.0 Å². The molecule has 3 aromatic carbocycles. The molecule has 3 aromatic rings. The summed E-state index contributed by atoms with van der Waals surface area (Å²) in [6.07, 6.45) is 0. The molecule has 5 heteroatoms. The van der Waals surface area contributed by atoms with Gasteiger partial charge in [-0.2, -0.15) is 0 Å². The van der Waals surface area contributed by atoms with Crippen molar-refractivity contribution in [2.24, 2.45) is 0 Å². The van der Waals surface area contributed by atoms with Gasteiger partial charge >= 0.3 is 0 Å². The van der Waals surface area contributed by atoms with Gasteiger partial charge in [-0.05, 0) is 35.0 Å². The third-order valence-electron chi connectivity index (χ3n) is 3.57. The van der Waals surface area contributed by atoms with Crippen LogP contribution in [0, 0.1) is 0 Å². The minimum absolute atomic E-state index is 0.244. The standard InChI is InChI=1S/C17H14ClNO2S/c1-19(17-9-5-4-8-16(17)18)22(20,21)15-11-10-13-6-2-3-7-14(13)12-15/h2-12H,1H3. The molecule has 0 heterocycles. The maximum absolute atomic E-state index is 12.8. The Morgan fingerprint density at radius 2 is 1.50 bits per heavy atom. The Balaban J connectivity index is 2.09. The Kier molecular flexibility index (Phi) is 3.81. The number of hydrogen-bond acceptors (Lipinski definition) is 2. The second kappa shape index (κ2) is 5.63. The van der Waals surface area contributed by atoms with Crippen LogP contribution in [0.15, 0.2) is 71.6 Å². The summed E-state index contributed by atoms with van der Waals surface area (Å²) in [6, 6.07) is 19.6. The highest BCUT2D eigenvalue weighted by atomic mass is 35.5. The summed E-state index contributed by atoms with van der Waals surface area (Å²) in [5.74, 6) is 0. The van der Waals surface area contributed by atoms with Gasteiger partial charge in [-0.1, -0.05) is 54.1 Å². The Hall–Kier alpha value is -2.04. The molecule has 22 heavy (non-hydrogen) atoms. The largest absolute Gasteiger partial charge is 0.268 e. The Labute approximate surface area is 134 Å². The van der Waals surface area contributed by atoms with Crippen molar-refractivity contribution >= 4 is 38.1 Å². The molecule has 0 atom stereocenters. The van der Waals surface area contributed by atoms with Crippen LogP contribution < -0.4 is 4.31 Å².